The molecule has 1 N–H and O–H groups in total. The Morgan fingerprint density at radius 1 is 1.24 bits per heavy atom. The summed E-state index contributed by atoms with van der Waals surface area (Å²) in [6, 6.07) is 10.4. The average molecular weight is 407 g/mol. The number of hydrogen-bond acceptors (Lipinski definition) is 4. The van der Waals surface area contributed by atoms with Crippen molar-refractivity contribution in [3.8, 4) is 5.75 Å². The van der Waals surface area contributed by atoms with Crippen molar-refractivity contribution in [2.24, 2.45) is 0 Å². The summed E-state index contributed by atoms with van der Waals surface area (Å²) in [5.41, 5.74) is 2.10. The Bertz CT molecular complexity index is 793. The highest BCUT2D eigenvalue weighted by Crippen LogP contribution is 2.26. The number of amides is 1. The van der Waals surface area contributed by atoms with Crippen LogP contribution in [0.15, 0.2) is 40.9 Å². The number of aryl methyl sites for hydroxylation is 2. The van der Waals surface area contributed by atoms with Gasteiger partial charge < -0.3 is 10.1 Å². The zero-order valence-corrected chi connectivity index (χ0v) is 15.6. The molecule has 6 nitrogen and oxygen atoms in total. The average Bonchev–Trinajstić information content (AvgIpc) is 2.54. The minimum atomic E-state index is -0.460. The molecule has 0 bridgehead atoms. The fraction of sp³-hybridized carbons (Fsp3) is 0.278. The van der Waals surface area contributed by atoms with Gasteiger partial charge in [0.05, 0.1) is 16.0 Å². The number of nitro groups is 1. The minimum Gasteiger partial charge on any atom is -0.492 e. The highest BCUT2D eigenvalue weighted by atomic mass is 79.9. The van der Waals surface area contributed by atoms with Gasteiger partial charge in [0.15, 0.2) is 0 Å². The second-order valence-corrected chi connectivity index (χ2v) is 6.55. The van der Waals surface area contributed by atoms with Crippen molar-refractivity contribution in [3.05, 3.63) is 62.1 Å². The number of hydrogen-bond donors (Lipinski definition) is 1. The monoisotopic (exact) mass is 406 g/mol. The molecule has 0 fully saturated rings. The normalized spacial score (nSPS) is 10.4. The van der Waals surface area contributed by atoms with Crippen LogP contribution in [0.2, 0.25) is 0 Å². The molecule has 0 aromatic heterocycles. The fourth-order valence-electron chi connectivity index (χ4n) is 2.25. The maximum Gasteiger partial charge on any atom is 0.274 e. The predicted octanol–water partition coefficient (Wildman–Crippen LogP) is 4.77. The van der Waals surface area contributed by atoms with Crippen LogP contribution < -0.4 is 10.1 Å². The van der Waals surface area contributed by atoms with Crippen molar-refractivity contribution in [2.45, 2.75) is 26.7 Å². The van der Waals surface area contributed by atoms with Crippen LogP contribution in [-0.4, -0.2) is 17.4 Å². The van der Waals surface area contributed by atoms with Crippen LogP contribution in [0.1, 0.15) is 24.0 Å². The van der Waals surface area contributed by atoms with Gasteiger partial charge in [-0.2, -0.15) is 0 Å². The Morgan fingerprint density at radius 3 is 2.68 bits per heavy atom. The lowest BCUT2D eigenvalue weighted by atomic mass is 10.2. The summed E-state index contributed by atoms with van der Waals surface area (Å²) < 4.78 is 6.52. The highest BCUT2D eigenvalue weighted by molar-refractivity contribution is 9.10. The van der Waals surface area contributed by atoms with E-state index in [1.165, 1.54) is 6.07 Å². The number of rotatable bonds is 7. The molecule has 0 aliphatic heterocycles. The summed E-state index contributed by atoms with van der Waals surface area (Å²) in [6.45, 7) is 4.06. The smallest absolute Gasteiger partial charge is 0.274 e. The summed E-state index contributed by atoms with van der Waals surface area (Å²) >= 11 is 3.44. The number of ether oxygens (including phenoxy) is 1. The third kappa shape index (κ3) is 5.56. The van der Waals surface area contributed by atoms with E-state index >= 15 is 0 Å². The molecule has 0 radical (unpaired) electrons. The first-order chi connectivity index (χ1) is 11.9. The van der Waals surface area contributed by atoms with Gasteiger partial charge in [-0.1, -0.05) is 12.1 Å². The molecule has 7 heteroatoms. The Labute approximate surface area is 154 Å². The van der Waals surface area contributed by atoms with Crippen LogP contribution in [0, 0.1) is 24.0 Å². The summed E-state index contributed by atoms with van der Waals surface area (Å²) in [7, 11) is 0. The van der Waals surface area contributed by atoms with E-state index in [-0.39, 0.29) is 18.0 Å². The Morgan fingerprint density at radius 2 is 2.00 bits per heavy atom. The molecular formula is C18H19BrN2O4. The number of carbonyl (C=O) groups is 1. The molecule has 0 heterocycles. The van der Waals surface area contributed by atoms with Crippen LogP contribution in [0.25, 0.3) is 0 Å². The van der Waals surface area contributed by atoms with Crippen molar-refractivity contribution in [1.29, 1.82) is 0 Å². The van der Waals surface area contributed by atoms with Crippen molar-refractivity contribution in [3.63, 3.8) is 0 Å². The van der Waals surface area contributed by atoms with Gasteiger partial charge in [0.2, 0.25) is 5.91 Å². The highest BCUT2D eigenvalue weighted by Gasteiger charge is 2.12. The lowest BCUT2D eigenvalue weighted by Crippen LogP contribution is -2.13. The van der Waals surface area contributed by atoms with Gasteiger partial charge in [0, 0.05) is 23.7 Å². The molecule has 0 aliphatic carbocycles. The quantitative estimate of drug-likeness (QED) is 0.407. The van der Waals surface area contributed by atoms with E-state index in [0.717, 1.165) is 15.8 Å². The van der Waals surface area contributed by atoms with Crippen LogP contribution in [0.4, 0.5) is 11.4 Å². The lowest BCUT2D eigenvalue weighted by Gasteiger charge is -2.09. The number of carbonyl (C=O) groups excluding carboxylic acids is 1. The van der Waals surface area contributed by atoms with Gasteiger partial charge in [-0.15, -0.1) is 0 Å². The van der Waals surface area contributed by atoms with Crippen molar-refractivity contribution >= 4 is 33.2 Å². The first kappa shape index (κ1) is 18.9. The van der Waals surface area contributed by atoms with Gasteiger partial charge >= 0.3 is 0 Å². The van der Waals surface area contributed by atoms with Gasteiger partial charge in [-0.3, -0.25) is 14.9 Å². The first-order valence-corrected chi connectivity index (χ1v) is 8.60. The van der Waals surface area contributed by atoms with Gasteiger partial charge in [0.25, 0.3) is 5.69 Å². The van der Waals surface area contributed by atoms with E-state index in [2.05, 4.69) is 21.2 Å². The number of anilines is 1. The van der Waals surface area contributed by atoms with Crippen LogP contribution in [-0.2, 0) is 4.79 Å². The molecule has 1 amide bonds. The standard InChI is InChI=1S/C18H19BrN2O4/c1-12-5-8-17(15(19)10-12)25-9-3-4-18(22)20-14-7-6-13(2)16(11-14)21(23)24/h5-8,10-11H,3-4,9H2,1-2H3,(H,20,22). The molecule has 2 rings (SSSR count). The molecule has 2 aromatic rings. The lowest BCUT2D eigenvalue weighted by molar-refractivity contribution is -0.385. The first-order valence-electron chi connectivity index (χ1n) is 7.80. The van der Waals surface area contributed by atoms with E-state index < -0.39 is 4.92 Å². The van der Waals surface area contributed by atoms with Crippen molar-refractivity contribution < 1.29 is 14.5 Å². The van der Waals surface area contributed by atoms with Crippen molar-refractivity contribution in [1.82, 2.24) is 0 Å². The van der Waals surface area contributed by atoms with Gasteiger partial charge in [0.1, 0.15) is 5.75 Å². The molecule has 0 saturated heterocycles. The summed E-state index contributed by atoms with van der Waals surface area (Å²) in [6.07, 6.45) is 0.811. The molecule has 2 aromatic carbocycles. The molecular weight excluding hydrogens is 388 g/mol. The fourth-order valence-corrected chi connectivity index (χ4v) is 2.85. The van der Waals surface area contributed by atoms with Crippen molar-refractivity contribution in [2.75, 3.05) is 11.9 Å². The second-order valence-electron chi connectivity index (χ2n) is 5.69. The van der Waals surface area contributed by atoms with Crippen LogP contribution in [0.5, 0.6) is 5.75 Å². The molecule has 25 heavy (non-hydrogen) atoms. The predicted molar refractivity (Wildman–Crippen MR) is 100 cm³/mol. The van der Waals surface area contributed by atoms with Gasteiger partial charge in [-0.05, 0) is 60.0 Å². The molecule has 0 aliphatic rings. The topological polar surface area (TPSA) is 81.5 Å². The maximum atomic E-state index is 12.0. The Hall–Kier alpha value is -2.41. The summed E-state index contributed by atoms with van der Waals surface area (Å²) in [5, 5.41) is 13.6. The number of nitro benzene ring substituents is 1. The maximum absolute atomic E-state index is 12.0. The van der Waals surface area contributed by atoms with E-state index in [0.29, 0.717) is 24.3 Å². The second kappa shape index (κ2) is 8.62. The SMILES string of the molecule is Cc1ccc(OCCCC(=O)Nc2ccc(C)c([N+](=O)[O-])c2)c(Br)c1. The Kier molecular flexibility index (Phi) is 6.52. The molecule has 0 saturated carbocycles. The third-order valence-corrected chi connectivity index (χ3v) is 4.20. The van der Waals surface area contributed by atoms with E-state index in [1.807, 2.05) is 25.1 Å². The zero-order chi connectivity index (χ0) is 18.4. The summed E-state index contributed by atoms with van der Waals surface area (Å²) in [5.74, 6) is 0.532. The molecule has 0 atom stereocenters. The van der Waals surface area contributed by atoms with Crippen LogP contribution in [0.3, 0.4) is 0 Å². The number of nitrogens with zero attached hydrogens (tertiary/aromatic N) is 1. The number of benzene rings is 2. The van der Waals surface area contributed by atoms with Gasteiger partial charge in [-0.25, -0.2) is 0 Å². The van der Waals surface area contributed by atoms with E-state index in [1.54, 1.807) is 19.1 Å². The summed E-state index contributed by atoms with van der Waals surface area (Å²) in [4.78, 5) is 22.4. The van der Waals surface area contributed by atoms with Crippen LogP contribution >= 0.6 is 15.9 Å². The Balaban J connectivity index is 1.81. The zero-order valence-electron chi connectivity index (χ0n) is 14.0. The number of nitrogens with one attached hydrogen (secondary N) is 1. The minimum absolute atomic E-state index is 0.00893. The van der Waals surface area contributed by atoms with E-state index in [4.69, 9.17) is 4.74 Å². The third-order valence-electron chi connectivity index (χ3n) is 3.58. The molecule has 132 valence electrons. The molecule has 0 unspecified atom stereocenters. The van der Waals surface area contributed by atoms with E-state index in [9.17, 15) is 14.9 Å². The number of halogens is 1. The molecule has 0 spiro atoms. The largest absolute Gasteiger partial charge is 0.492 e.